The predicted molar refractivity (Wildman–Crippen MR) is 95.3 cm³/mol. The Labute approximate surface area is 151 Å². The first-order valence-electron chi connectivity index (χ1n) is 8.53. The first-order valence-corrected chi connectivity index (χ1v) is 8.53. The van der Waals surface area contributed by atoms with E-state index in [1.54, 1.807) is 0 Å². The van der Waals surface area contributed by atoms with Gasteiger partial charge in [0.05, 0.1) is 0 Å². The number of carbonyl (C=O) groups is 1. The van der Waals surface area contributed by atoms with Crippen LogP contribution in [0.5, 0.6) is 0 Å². The molecule has 3 aliphatic heterocycles. The summed E-state index contributed by atoms with van der Waals surface area (Å²) in [4.78, 5) is 14.2. The lowest BCUT2D eigenvalue weighted by molar-refractivity contribution is 0.0697. The molecule has 25 heavy (non-hydrogen) atoms. The van der Waals surface area contributed by atoms with Crippen molar-refractivity contribution in [3.8, 4) is 11.3 Å². The van der Waals surface area contributed by atoms with E-state index in [4.69, 9.17) is 4.52 Å². The van der Waals surface area contributed by atoms with Gasteiger partial charge in [-0.25, -0.2) is 4.79 Å². The second-order valence-electron chi connectivity index (χ2n) is 6.99. The number of hydrogen-bond acceptors (Lipinski definition) is 5. The highest BCUT2D eigenvalue weighted by molar-refractivity contribution is 5.99. The zero-order valence-corrected chi connectivity index (χ0v) is 14.4. The van der Waals surface area contributed by atoms with E-state index in [0.29, 0.717) is 35.5 Å². The summed E-state index contributed by atoms with van der Waals surface area (Å²) in [7, 11) is 0. The van der Waals surface area contributed by atoms with Crippen molar-refractivity contribution in [3.05, 3.63) is 35.9 Å². The molecule has 3 fully saturated rings. The summed E-state index contributed by atoms with van der Waals surface area (Å²) in [6, 6.07) is 10.1. The van der Waals surface area contributed by atoms with E-state index >= 15 is 0 Å². The molecule has 3 saturated heterocycles. The van der Waals surface area contributed by atoms with Crippen LogP contribution < -0.4 is 10.2 Å². The highest BCUT2D eigenvalue weighted by Gasteiger charge is 2.56. The first-order chi connectivity index (χ1) is 11.8. The zero-order valence-electron chi connectivity index (χ0n) is 13.6. The average molecular weight is 362 g/mol. The second-order valence-corrected chi connectivity index (χ2v) is 6.99. The van der Waals surface area contributed by atoms with Crippen LogP contribution in [0.2, 0.25) is 0 Å². The summed E-state index contributed by atoms with van der Waals surface area (Å²) in [5, 5.41) is 17.5. The molecule has 0 spiro atoms. The number of carboxylic acid groups (broad SMARTS) is 1. The number of aromatic carboxylic acids is 1. The van der Waals surface area contributed by atoms with Gasteiger partial charge in [-0.2, -0.15) is 0 Å². The molecule has 1 aromatic heterocycles. The van der Waals surface area contributed by atoms with E-state index in [9.17, 15) is 9.90 Å². The Morgan fingerprint density at radius 2 is 1.80 bits per heavy atom. The highest BCUT2D eigenvalue weighted by atomic mass is 35.5. The molecule has 2 N–H and O–H groups in total. The van der Waals surface area contributed by atoms with Crippen molar-refractivity contribution in [2.24, 2.45) is 11.8 Å². The number of anilines is 1. The van der Waals surface area contributed by atoms with Crippen LogP contribution in [0, 0.1) is 11.8 Å². The fraction of sp³-hybridized carbons (Fsp3) is 0.444. The molecule has 0 saturated carbocycles. The Balaban J connectivity index is 0.00000157. The van der Waals surface area contributed by atoms with E-state index < -0.39 is 5.97 Å². The van der Waals surface area contributed by atoms with Crippen LogP contribution in [0.25, 0.3) is 11.3 Å². The van der Waals surface area contributed by atoms with Crippen LogP contribution in [-0.2, 0) is 0 Å². The molecule has 132 valence electrons. The molecular formula is C18H20ClN3O3. The van der Waals surface area contributed by atoms with E-state index in [1.165, 1.54) is 0 Å². The molecule has 3 aliphatic rings. The standard InChI is InChI=1S/C18H19N3O3.ClH/c22-18(23)15-16(10-4-2-1-3-5-10)24-20-17(15)21-13-6-7-14(21)12-9-19-8-11(12)13;/h1-5,11-14,19H,6-9H2,(H,22,23);1H/t11-,12+,13-,14+;. The maximum atomic E-state index is 12.0. The van der Waals surface area contributed by atoms with E-state index in [0.717, 1.165) is 31.5 Å². The number of hydrogen-bond donors (Lipinski definition) is 2. The van der Waals surface area contributed by atoms with Gasteiger partial charge in [0.25, 0.3) is 0 Å². The smallest absolute Gasteiger partial charge is 0.343 e. The SMILES string of the molecule is Cl.O=C(O)c1c(N2[C@@H]3CC[C@H]2[C@H]2CNC[C@H]23)noc1-c1ccccc1. The fourth-order valence-corrected chi connectivity index (χ4v) is 5.02. The normalized spacial score (nSPS) is 29.5. The van der Waals surface area contributed by atoms with E-state index in [1.807, 2.05) is 30.3 Å². The van der Waals surface area contributed by atoms with Crippen LogP contribution >= 0.6 is 12.4 Å². The zero-order chi connectivity index (χ0) is 16.3. The monoisotopic (exact) mass is 361 g/mol. The Morgan fingerprint density at radius 3 is 2.40 bits per heavy atom. The first kappa shape index (κ1) is 16.4. The fourth-order valence-electron chi connectivity index (χ4n) is 5.02. The third-order valence-corrected chi connectivity index (χ3v) is 5.94. The summed E-state index contributed by atoms with van der Waals surface area (Å²) in [6.45, 7) is 2.04. The number of aromatic nitrogens is 1. The molecule has 5 rings (SSSR count). The van der Waals surface area contributed by atoms with Gasteiger partial charge in [-0.3, -0.25) is 0 Å². The van der Waals surface area contributed by atoms with Crippen molar-refractivity contribution in [1.82, 2.24) is 10.5 Å². The summed E-state index contributed by atoms with van der Waals surface area (Å²) in [6.07, 6.45) is 2.22. The van der Waals surface area contributed by atoms with Gasteiger partial charge in [-0.1, -0.05) is 35.5 Å². The molecular weight excluding hydrogens is 342 g/mol. The van der Waals surface area contributed by atoms with Gasteiger partial charge in [0, 0.05) is 30.7 Å². The van der Waals surface area contributed by atoms with Crippen molar-refractivity contribution >= 4 is 24.2 Å². The molecule has 0 unspecified atom stereocenters. The average Bonchev–Trinajstić information content (AvgIpc) is 3.34. The van der Waals surface area contributed by atoms with Gasteiger partial charge in [0.1, 0.15) is 0 Å². The second kappa shape index (κ2) is 6.04. The molecule has 7 heteroatoms. The van der Waals surface area contributed by atoms with Crippen molar-refractivity contribution in [2.75, 3.05) is 18.0 Å². The Bertz CT molecular complexity index is 776. The summed E-state index contributed by atoms with van der Waals surface area (Å²) in [5.41, 5.74) is 0.952. The molecule has 0 aliphatic carbocycles. The molecule has 0 amide bonds. The van der Waals surface area contributed by atoms with Crippen molar-refractivity contribution < 1.29 is 14.4 Å². The van der Waals surface area contributed by atoms with Crippen LogP contribution in [-0.4, -0.2) is 41.4 Å². The number of benzene rings is 1. The molecule has 4 atom stereocenters. The van der Waals surface area contributed by atoms with Gasteiger partial charge in [-0.15, -0.1) is 12.4 Å². The third-order valence-electron chi connectivity index (χ3n) is 5.94. The van der Waals surface area contributed by atoms with E-state index in [-0.39, 0.29) is 18.0 Å². The van der Waals surface area contributed by atoms with Gasteiger partial charge in [-0.05, 0) is 24.7 Å². The van der Waals surface area contributed by atoms with Gasteiger partial charge in [0.15, 0.2) is 17.1 Å². The lowest BCUT2D eigenvalue weighted by atomic mass is 9.82. The minimum Gasteiger partial charge on any atom is -0.477 e. The molecule has 4 heterocycles. The van der Waals surface area contributed by atoms with Crippen molar-refractivity contribution in [2.45, 2.75) is 24.9 Å². The molecule has 2 bridgehead atoms. The number of fused-ring (bicyclic) bond motifs is 5. The lowest BCUT2D eigenvalue weighted by Gasteiger charge is -2.24. The van der Waals surface area contributed by atoms with Crippen molar-refractivity contribution in [1.29, 1.82) is 0 Å². The number of carboxylic acids is 1. The summed E-state index contributed by atoms with van der Waals surface area (Å²) >= 11 is 0. The van der Waals surface area contributed by atoms with Crippen LogP contribution in [0.4, 0.5) is 5.82 Å². The maximum absolute atomic E-state index is 12.0. The number of halogens is 1. The van der Waals surface area contributed by atoms with Gasteiger partial charge < -0.3 is 19.8 Å². The topological polar surface area (TPSA) is 78.6 Å². The molecule has 0 radical (unpaired) electrons. The van der Waals surface area contributed by atoms with Crippen LogP contribution in [0.1, 0.15) is 23.2 Å². The molecule has 6 nitrogen and oxygen atoms in total. The van der Waals surface area contributed by atoms with Crippen LogP contribution in [0.15, 0.2) is 34.9 Å². The van der Waals surface area contributed by atoms with Crippen molar-refractivity contribution in [3.63, 3.8) is 0 Å². The third kappa shape index (κ3) is 2.28. The predicted octanol–water partition coefficient (Wildman–Crippen LogP) is 2.65. The molecule has 1 aromatic carbocycles. The Kier molecular flexibility index (Phi) is 3.96. The van der Waals surface area contributed by atoms with E-state index in [2.05, 4.69) is 15.4 Å². The quantitative estimate of drug-likeness (QED) is 0.875. The number of nitrogens with zero attached hydrogens (tertiary/aromatic N) is 2. The maximum Gasteiger partial charge on any atom is 0.343 e. The van der Waals surface area contributed by atoms with Gasteiger partial charge >= 0.3 is 5.97 Å². The number of rotatable bonds is 3. The lowest BCUT2D eigenvalue weighted by Crippen LogP contribution is -2.35. The Hall–Kier alpha value is -2.05. The van der Waals surface area contributed by atoms with Crippen LogP contribution in [0.3, 0.4) is 0 Å². The minimum atomic E-state index is -0.973. The largest absolute Gasteiger partial charge is 0.477 e. The summed E-state index contributed by atoms with van der Waals surface area (Å²) in [5.74, 6) is 1.10. The molecule has 2 aromatic rings. The highest BCUT2D eigenvalue weighted by Crippen LogP contribution is 2.50. The summed E-state index contributed by atoms with van der Waals surface area (Å²) < 4.78 is 5.51. The number of nitrogens with one attached hydrogen (secondary N) is 1. The minimum absolute atomic E-state index is 0. The van der Waals surface area contributed by atoms with Gasteiger partial charge in [0.2, 0.25) is 0 Å². The Morgan fingerprint density at radius 1 is 1.16 bits per heavy atom.